The molecule has 0 aliphatic rings. The highest BCUT2D eigenvalue weighted by Gasteiger charge is 2.12. The number of aliphatic hydroxyl groups is 1. The van der Waals surface area contributed by atoms with Gasteiger partial charge in [-0.2, -0.15) is 4.39 Å². The van der Waals surface area contributed by atoms with Crippen LogP contribution in [0, 0.1) is 5.95 Å². The fraction of sp³-hybridized carbons (Fsp3) is 0.286. The maximum absolute atomic E-state index is 12.9. The number of nitrogens with zero attached hydrogens (tertiary/aromatic N) is 1. The van der Waals surface area contributed by atoms with E-state index in [0.29, 0.717) is 4.47 Å². The van der Waals surface area contributed by atoms with Gasteiger partial charge in [0.1, 0.15) is 0 Å². The molecule has 2 nitrogen and oxygen atoms in total. The van der Waals surface area contributed by atoms with Gasteiger partial charge in [0, 0.05) is 16.2 Å². The van der Waals surface area contributed by atoms with Crippen molar-refractivity contribution < 1.29 is 9.50 Å². The summed E-state index contributed by atoms with van der Waals surface area (Å²) in [6.07, 6.45) is 0.316. The second-order valence-electron chi connectivity index (χ2n) is 2.20. The topological polar surface area (TPSA) is 33.1 Å². The summed E-state index contributed by atoms with van der Waals surface area (Å²) < 4.78 is 13.5. The molecule has 12 heavy (non-hydrogen) atoms. The van der Waals surface area contributed by atoms with Gasteiger partial charge in [-0.25, -0.2) is 4.98 Å². The summed E-state index contributed by atoms with van der Waals surface area (Å²) in [5, 5.41) is 9.20. The van der Waals surface area contributed by atoms with E-state index in [1.165, 1.54) is 12.3 Å². The Balaban J connectivity index is 3.04. The third-order valence-electron chi connectivity index (χ3n) is 1.34. The van der Waals surface area contributed by atoms with Crippen molar-refractivity contribution in [3.05, 3.63) is 28.2 Å². The van der Waals surface area contributed by atoms with Crippen molar-refractivity contribution in [3.63, 3.8) is 0 Å². The molecule has 66 valence electrons. The van der Waals surface area contributed by atoms with Crippen LogP contribution in [0.1, 0.15) is 11.7 Å². The lowest BCUT2D eigenvalue weighted by Crippen LogP contribution is -2.03. The molecule has 0 aromatic carbocycles. The molecule has 1 aromatic heterocycles. The molecule has 0 radical (unpaired) electrons. The Labute approximate surface area is 82.5 Å². The lowest BCUT2D eigenvalue weighted by atomic mass is 10.2. The van der Waals surface area contributed by atoms with Crippen LogP contribution in [0.3, 0.4) is 0 Å². The minimum Gasteiger partial charge on any atom is -0.387 e. The van der Waals surface area contributed by atoms with Gasteiger partial charge in [0.15, 0.2) is 0 Å². The van der Waals surface area contributed by atoms with Crippen molar-refractivity contribution >= 4 is 27.5 Å². The molecule has 1 rings (SSSR count). The highest BCUT2D eigenvalue weighted by Crippen LogP contribution is 2.20. The Kier molecular flexibility index (Phi) is 3.43. The summed E-state index contributed by atoms with van der Waals surface area (Å²) in [6.45, 7) is 0. The van der Waals surface area contributed by atoms with Gasteiger partial charge in [-0.3, -0.25) is 0 Å². The van der Waals surface area contributed by atoms with Gasteiger partial charge in [-0.15, -0.1) is 11.6 Å². The Bertz CT molecular complexity index is 284. The second-order valence-corrected chi connectivity index (χ2v) is 3.43. The van der Waals surface area contributed by atoms with Gasteiger partial charge in [-0.05, 0) is 22.0 Å². The number of rotatable bonds is 2. The monoisotopic (exact) mass is 253 g/mol. The molecule has 1 atom stereocenters. The third kappa shape index (κ3) is 2.15. The Hall–Kier alpha value is -0.190. The summed E-state index contributed by atoms with van der Waals surface area (Å²) in [5.41, 5.74) is 0.111. The van der Waals surface area contributed by atoms with Crippen LogP contribution in [0.2, 0.25) is 0 Å². The highest BCUT2D eigenvalue weighted by atomic mass is 79.9. The zero-order valence-corrected chi connectivity index (χ0v) is 8.31. The Morgan fingerprint density at radius 2 is 2.42 bits per heavy atom. The first-order chi connectivity index (χ1) is 5.65. The molecule has 0 spiro atoms. The zero-order chi connectivity index (χ0) is 9.14. The molecular formula is C7H6BrClFNO. The molecule has 1 aromatic rings. The lowest BCUT2D eigenvalue weighted by molar-refractivity contribution is 0.196. The molecule has 0 amide bonds. The van der Waals surface area contributed by atoms with E-state index >= 15 is 0 Å². The van der Waals surface area contributed by atoms with E-state index < -0.39 is 12.1 Å². The van der Waals surface area contributed by atoms with Crippen LogP contribution >= 0.6 is 27.5 Å². The highest BCUT2D eigenvalue weighted by molar-refractivity contribution is 9.10. The maximum Gasteiger partial charge on any atom is 0.218 e. The van der Waals surface area contributed by atoms with Crippen LogP contribution in [-0.2, 0) is 0 Å². The summed E-state index contributed by atoms with van der Waals surface area (Å²) in [7, 11) is 0. The van der Waals surface area contributed by atoms with Crippen LogP contribution in [0.15, 0.2) is 16.7 Å². The number of hydrogen-bond donors (Lipinski definition) is 1. The molecule has 5 heteroatoms. The average Bonchev–Trinajstić information content (AvgIpc) is 2.08. The van der Waals surface area contributed by atoms with Gasteiger partial charge in [0.25, 0.3) is 0 Å². The van der Waals surface area contributed by atoms with Crippen molar-refractivity contribution in [1.29, 1.82) is 0 Å². The van der Waals surface area contributed by atoms with E-state index in [9.17, 15) is 9.50 Å². The molecule has 0 bridgehead atoms. The first-order valence-electron chi connectivity index (χ1n) is 3.20. The molecular weight excluding hydrogens is 248 g/mol. The molecule has 1 heterocycles. The molecule has 0 saturated heterocycles. The summed E-state index contributed by atoms with van der Waals surface area (Å²) >= 11 is 8.46. The number of aliphatic hydroxyl groups excluding tert-OH is 1. The molecule has 1 unspecified atom stereocenters. The van der Waals surface area contributed by atoms with Crippen molar-refractivity contribution in [2.45, 2.75) is 6.10 Å². The normalized spacial score (nSPS) is 13.0. The smallest absolute Gasteiger partial charge is 0.218 e. The van der Waals surface area contributed by atoms with Crippen LogP contribution in [0.4, 0.5) is 4.39 Å². The van der Waals surface area contributed by atoms with E-state index in [4.69, 9.17) is 11.6 Å². The summed E-state index contributed by atoms with van der Waals surface area (Å²) in [6, 6.07) is 1.45. The molecule has 0 fully saturated rings. The number of hydrogen-bond acceptors (Lipinski definition) is 2. The minimum atomic E-state index is -1.00. The molecule has 1 N–H and O–H groups in total. The molecule has 0 aliphatic carbocycles. The van der Waals surface area contributed by atoms with Gasteiger partial charge < -0.3 is 5.11 Å². The first kappa shape index (κ1) is 9.89. The number of pyridine rings is 1. The largest absolute Gasteiger partial charge is 0.387 e. The van der Waals surface area contributed by atoms with Crippen molar-refractivity contribution in [2.24, 2.45) is 0 Å². The average molecular weight is 254 g/mol. The van der Waals surface area contributed by atoms with E-state index in [-0.39, 0.29) is 11.4 Å². The van der Waals surface area contributed by atoms with E-state index in [1.54, 1.807) is 0 Å². The number of halogens is 3. The van der Waals surface area contributed by atoms with Gasteiger partial charge >= 0.3 is 0 Å². The van der Waals surface area contributed by atoms with E-state index in [2.05, 4.69) is 20.9 Å². The summed E-state index contributed by atoms with van der Waals surface area (Å²) in [5.74, 6) is -0.735. The second kappa shape index (κ2) is 4.16. The van der Waals surface area contributed by atoms with Crippen molar-refractivity contribution in [2.75, 3.05) is 5.88 Å². The van der Waals surface area contributed by atoms with E-state index in [0.717, 1.165) is 0 Å². The van der Waals surface area contributed by atoms with Crippen LogP contribution < -0.4 is 0 Å². The molecule has 0 aliphatic heterocycles. The lowest BCUT2D eigenvalue weighted by Gasteiger charge is -2.07. The van der Waals surface area contributed by atoms with Gasteiger partial charge in [0.05, 0.1) is 12.0 Å². The first-order valence-corrected chi connectivity index (χ1v) is 4.53. The zero-order valence-electron chi connectivity index (χ0n) is 5.97. The van der Waals surface area contributed by atoms with Crippen LogP contribution in [0.5, 0.6) is 0 Å². The maximum atomic E-state index is 12.9. The molecule has 0 saturated carbocycles. The van der Waals surface area contributed by atoms with E-state index in [1.807, 2.05) is 0 Å². The Morgan fingerprint density at radius 3 is 3.00 bits per heavy atom. The predicted molar refractivity (Wildman–Crippen MR) is 47.6 cm³/mol. The quantitative estimate of drug-likeness (QED) is 0.649. The van der Waals surface area contributed by atoms with Crippen molar-refractivity contribution in [1.82, 2.24) is 4.98 Å². The summed E-state index contributed by atoms with van der Waals surface area (Å²) in [4.78, 5) is 3.42. The van der Waals surface area contributed by atoms with Gasteiger partial charge in [-0.1, -0.05) is 0 Å². The van der Waals surface area contributed by atoms with Crippen LogP contribution in [0.25, 0.3) is 0 Å². The Morgan fingerprint density at radius 1 is 1.75 bits per heavy atom. The number of aromatic nitrogens is 1. The SMILES string of the molecule is OC(CCl)c1cc(Br)cnc1F. The van der Waals surface area contributed by atoms with Gasteiger partial charge in [0.2, 0.25) is 5.95 Å². The fourth-order valence-electron chi connectivity index (χ4n) is 0.755. The van der Waals surface area contributed by atoms with Crippen LogP contribution in [-0.4, -0.2) is 16.0 Å². The number of alkyl halides is 1. The predicted octanol–water partition coefficient (Wildman–Crippen LogP) is 2.26. The third-order valence-corrected chi connectivity index (χ3v) is 2.06. The standard InChI is InChI=1S/C7H6BrClFNO/c8-4-1-5(6(12)2-9)7(10)11-3-4/h1,3,6,12H,2H2. The minimum absolute atomic E-state index is 0.0466. The fourth-order valence-corrected chi connectivity index (χ4v) is 1.27. The van der Waals surface area contributed by atoms with Crippen molar-refractivity contribution in [3.8, 4) is 0 Å².